The fourth-order valence-corrected chi connectivity index (χ4v) is 7.59. The van der Waals surface area contributed by atoms with Crippen LogP contribution in [0.1, 0.15) is 58.8 Å². The number of carbonyl (C=O) groups is 2. The Bertz CT molecular complexity index is 877. The molecule has 5 aliphatic rings. The molecule has 0 heterocycles. The molecule has 0 aromatic carbocycles. The summed E-state index contributed by atoms with van der Waals surface area (Å²) >= 11 is 0. The minimum atomic E-state index is -0.522. The largest absolute Gasteiger partial charge is 0.299 e. The fourth-order valence-electron chi connectivity index (χ4n) is 7.59. The highest BCUT2D eigenvalue weighted by molar-refractivity contribution is 6.07. The molecule has 0 saturated heterocycles. The Morgan fingerprint density at radius 3 is 2.56 bits per heavy atom. The van der Waals surface area contributed by atoms with E-state index in [0.29, 0.717) is 29.1 Å². The molecule has 2 saturated carbocycles. The first kappa shape index (κ1) is 17.2. The number of nitrogens with zero attached hydrogens (tertiary/aromatic N) is 1. The van der Waals surface area contributed by atoms with Crippen molar-refractivity contribution in [2.45, 2.75) is 58.8 Å². The average molecular weight is 361 g/mol. The zero-order valence-corrected chi connectivity index (χ0v) is 16.3. The van der Waals surface area contributed by atoms with E-state index in [0.717, 1.165) is 44.9 Å². The van der Waals surface area contributed by atoms with Gasteiger partial charge in [-0.05, 0) is 61.9 Å². The van der Waals surface area contributed by atoms with Gasteiger partial charge in [0.1, 0.15) is 11.9 Å². The molecule has 1 spiro atoms. The van der Waals surface area contributed by atoms with Gasteiger partial charge in [-0.3, -0.25) is 9.59 Å². The van der Waals surface area contributed by atoms with Crippen molar-refractivity contribution in [2.24, 2.45) is 34.0 Å². The quantitative estimate of drug-likeness (QED) is 0.587. The maximum Gasteiger partial charge on any atom is 0.183 e. The van der Waals surface area contributed by atoms with Gasteiger partial charge in [0.15, 0.2) is 5.78 Å². The highest BCUT2D eigenvalue weighted by atomic mass is 16.1. The Morgan fingerprint density at radius 1 is 1.11 bits per heavy atom. The number of ketones is 2. The first-order valence-electron chi connectivity index (χ1n) is 10.4. The third-order valence-electron chi connectivity index (χ3n) is 8.95. The second-order valence-corrected chi connectivity index (χ2v) is 9.89. The lowest BCUT2D eigenvalue weighted by Gasteiger charge is -2.57. The number of rotatable bonds is 0. The van der Waals surface area contributed by atoms with Crippen molar-refractivity contribution < 1.29 is 9.59 Å². The summed E-state index contributed by atoms with van der Waals surface area (Å²) < 4.78 is 0. The molecule has 140 valence electrons. The molecule has 2 fully saturated rings. The van der Waals surface area contributed by atoms with E-state index in [4.69, 9.17) is 0 Å². The summed E-state index contributed by atoms with van der Waals surface area (Å²) in [6.07, 6.45) is 14.7. The highest BCUT2D eigenvalue weighted by Gasteiger charge is 2.62. The smallest absolute Gasteiger partial charge is 0.183 e. The number of allylic oxidation sites excluding steroid dienone is 6. The minimum absolute atomic E-state index is 0.0221. The van der Waals surface area contributed by atoms with Gasteiger partial charge in [-0.1, -0.05) is 38.2 Å². The molecule has 3 nitrogen and oxygen atoms in total. The van der Waals surface area contributed by atoms with Crippen LogP contribution in [0.15, 0.2) is 35.5 Å². The second kappa shape index (κ2) is 5.31. The molecule has 0 N–H and O–H groups in total. The van der Waals surface area contributed by atoms with Crippen LogP contribution in [0.5, 0.6) is 0 Å². The molecule has 0 aromatic heterocycles. The molecule has 3 heteroatoms. The first-order valence-corrected chi connectivity index (χ1v) is 10.4. The van der Waals surface area contributed by atoms with Crippen LogP contribution in [0.25, 0.3) is 0 Å². The topological polar surface area (TPSA) is 57.9 Å². The molecule has 5 aliphatic carbocycles. The van der Waals surface area contributed by atoms with E-state index in [1.54, 1.807) is 0 Å². The van der Waals surface area contributed by atoms with Crippen molar-refractivity contribution >= 4 is 11.6 Å². The summed E-state index contributed by atoms with van der Waals surface area (Å²) in [6, 6.07) is 2.22. The Balaban J connectivity index is 1.65. The van der Waals surface area contributed by atoms with E-state index in [1.807, 2.05) is 6.08 Å². The van der Waals surface area contributed by atoms with Gasteiger partial charge in [0, 0.05) is 17.3 Å². The van der Waals surface area contributed by atoms with Crippen molar-refractivity contribution in [1.29, 1.82) is 5.26 Å². The Hall–Kier alpha value is -1.95. The molecule has 0 amide bonds. The monoisotopic (exact) mass is 361 g/mol. The number of carbonyl (C=O) groups excluding carboxylic acids is 2. The highest BCUT2D eigenvalue weighted by Crippen LogP contribution is 2.66. The first-order chi connectivity index (χ1) is 12.9. The summed E-state index contributed by atoms with van der Waals surface area (Å²) in [6.45, 7) is 4.45. The molecule has 5 atom stereocenters. The Labute approximate surface area is 161 Å². The minimum Gasteiger partial charge on any atom is -0.299 e. The van der Waals surface area contributed by atoms with Crippen LogP contribution in [0.3, 0.4) is 0 Å². The number of hydrogen-bond acceptors (Lipinski definition) is 3. The molecule has 5 unspecified atom stereocenters. The van der Waals surface area contributed by atoms with Crippen LogP contribution in [0, 0.1) is 45.3 Å². The number of nitriles is 1. The summed E-state index contributed by atoms with van der Waals surface area (Å²) in [5.41, 5.74) is 0.710. The van der Waals surface area contributed by atoms with Crippen molar-refractivity contribution in [2.75, 3.05) is 0 Å². The van der Waals surface area contributed by atoms with Crippen molar-refractivity contribution in [3.05, 3.63) is 35.5 Å². The zero-order valence-electron chi connectivity index (χ0n) is 16.3. The van der Waals surface area contributed by atoms with Crippen LogP contribution in [0.2, 0.25) is 0 Å². The summed E-state index contributed by atoms with van der Waals surface area (Å²) in [5.74, 6) is 1.84. The second-order valence-electron chi connectivity index (χ2n) is 9.89. The van der Waals surface area contributed by atoms with E-state index < -0.39 is 5.41 Å². The van der Waals surface area contributed by atoms with Gasteiger partial charge in [-0.2, -0.15) is 5.26 Å². The molecular weight excluding hydrogens is 334 g/mol. The van der Waals surface area contributed by atoms with E-state index in [-0.39, 0.29) is 16.6 Å². The van der Waals surface area contributed by atoms with Crippen LogP contribution < -0.4 is 0 Å². The molecule has 0 bridgehead atoms. The molecule has 5 rings (SSSR count). The summed E-state index contributed by atoms with van der Waals surface area (Å²) in [4.78, 5) is 25.8. The van der Waals surface area contributed by atoms with Gasteiger partial charge in [-0.25, -0.2) is 0 Å². The van der Waals surface area contributed by atoms with E-state index in [2.05, 4.69) is 38.1 Å². The van der Waals surface area contributed by atoms with Gasteiger partial charge in [0.25, 0.3) is 0 Å². The molecule has 0 aromatic rings. The fraction of sp³-hybridized carbons (Fsp3) is 0.625. The Morgan fingerprint density at radius 2 is 1.85 bits per heavy atom. The van der Waals surface area contributed by atoms with Crippen LogP contribution in [-0.2, 0) is 9.59 Å². The maximum atomic E-state index is 13.2. The molecule has 27 heavy (non-hydrogen) atoms. The van der Waals surface area contributed by atoms with Crippen LogP contribution >= 0.6 is 0 Å². The van der Waals surface area contributed by atoms with Crippen molar-refractivity contribution in [3.63, 3.8) is 0 Å². The van der Waals surface area contributed by atoms with E-state index >= 15 is 0 Å². The lowest BCUT2D eigenvalue weighted by atomic mass is 9.45. The zero-order chi connectivity index (χ0) is 19.0. The van der Waals surface area contributed by atoms with Crippen molar-refractivity contribution in [3.8, 4) is 6.07 Å². The summed E-state index contributed by atoms with van der Waals surface area (Å²) in [7, 11) is 0. The molecule has 0 aliphatic heterocycles. The summed E-state index contributed by atoms with van der Waals surface area (Å²) in [5, 5.41) is 9.71. The lowest BCUT2D eigenvalue weighted by molar-refractivity contribution is -0.131. The number of fused-ring (bicyclic) bond motifs is 6. The van der Waals surface area contributed by atoms with Gasteiger partial charge >= 0.3 is 0 Å². The predicted octanol–water partition coefficient (Wildman–Crippen LogP) is 4.70. The van der Waals surface area contributed by atoms with Gasteiger partial charge < -0.3 is 0 Å². The number of Topliss-reactive ketones (excluding diaryl/α,β-unsaturated/α-hetero) is 2. The normalized spacial score (nSPS) is 44.3. The van der Waals surface area contributed by atoms with E-state index in [9.17, 15) is 14.9 Å². The Kier molecular flexibility index (Phi) is 3.38. The third kappa shape index (κ3) is 1.92. The van der Waals surface area contributed by atoms with Crippen LogP contribution in [-0.4, -0.2) is 11.6 Å². The average Bonchev–Trinajstić information content (AvgIpc) is 3.25. The van der Waals surface area contributed by atoms with Gasteiger partial charge in [-0.15, -0.1) is 0 Å². The third-order valence-corrected chi connectivity index (χ3v) is 8.95. The van der Waals surface area contributed by atoms with Gasteiger partial charge in [0.05, 0.1) is 11.0 Å². The van der Waals surface area contributed by atoms with Gasteiger partial charge in [0.2, 0.25) is 0 Å². The van der Waals surface area contributed by atoms with E-state index in [1.165, 1.54) is 5.57 Å². The number of hydrogen-bond donors (Lipinski definition) is 0. The maximum absolute atomic E-state index is 13.2. The SMILES string of the molecule is CC12C=C(C#N)C(=O)C3(CC=CC3)C1=CCC1C2CCC2(C)C(=O)CCC12. The molecule has 0 radical (unpaired) electrons. The predicted molar refractivity (Wildman–Crippen MR) is 102 cm³/mol. The lowest BCUT2D eigenvalue weighted by Crippen LogP contribution is -2.53. The standard InChI is InChI=1S/C24H27NO2/c1-22-12-9-18-16(17(22)6-8-20(22)26)5-7-19-23(18,2)13-15(14-25)21(27)24(19)10-3-4-11-24/h3-4,7,13,16-18H,5-6,8-12H2,1-2H3. The van der Waals surface area contributed by atoms with Crippen molar-refractivity contribution in [1.82, 2.24) is 0 Å². The molecular formula is C24H27NO2. The van der Waals surface area contributed by atoms with Crippen LogP contribution in [0.4, 0.5) is 0 Å².